The van der Waals surface area contributed by atoms with Crippen molar-refractivity contribution in [1.29, 1.82) is 0 Å². The number of hydrogen-bond acceptors (Lipinski definition) is 4. The van der Waals surface area contributed by atoms with Gasteiger partial charge in [0.15, 0.2) is 5.16 Å². The zero-order valence-electron chi connectivity index (χ0n) is 10.3. The summed E-state index contributed by atoms with van der Waals surface area (Å²) in [5.41, 5.74) is 5.77. The number of thioether (sulfide) groups is 1. The van der Waals surface area contributed by atoms with E-state index in [2.05, 4.69) is 21.7 Å². The summed E-state index contributed by atoms with van der Waals surface area (Å²) in [6.45, 7) is 2.90. The Morgan fingerprint density at radius 3 is 2.65 bits per heavy atom. The molecule has 17 heavy (non-hydrogen) atoms. The third kappa shape index (κ3) is 2.36. The molecular weight excluding hydrogens is 232 g/mol. The van der Waals surface area contributed by atoms with E-state index in [-0.39, 0.29) is 0 Å². The van der Waals surface area contributed by atoms with Crippen LogP contribution in [0.25, 0.3) is 0 Å². The van der Waals surface area contributed by atoms with Crippen LogP contribution in [0.4, 0.5) is 0 Å². The van der Waals surface area contributed by atoms with E-state index in [4.69, 9.17) is 5.73 Å². The predicted molar refractivity (Wildman–Crippen MR) is 69.3 cm³/mol. The second-order valence-electron chi connectivity index (χ2n) is 5.10. The summed E-state index contributed by atoms with van der Waals surface area (Å²) in [7, 11) is 0. The van der Waals surface area contributed by atoms with Gasteiger partial charge in [0.05, 0.1) is 0 Å². The number of hydrogen-bond donors (Lipinski definition) is 1. The largest absolute Gasteiger partial charge is 0.329 e. The monoisotopic (exact) mass is 252 g/mol. The fourth-order valence-corrected chi connectivity index (χ4v) is 3.12. The summed E-state index contributed by atoms with van der Waals surface area (Å²) in [6, 6.07) is 0.679. The quantitative estimate of drug-likeness (QED) is 0.789. The van der Waals surface area contributed by atoms with Crippen LogP contribution in [0.1, 0.15) is 56.8 Å². The van der Waals surface area contributed by atoms with Gasteiger partial charge in [0.25, 0.3) is 0 Å². The molecule has 0 aromatic carbocycles. The van der Waals surface area contributed by atoms with Crippen molar-refractivity contribution in [3.05, 3.63) is 5.82 Å². The van der Waals surface area contributed by atoms with Gasteiger partial charge in [0.1, 0.15) is 5.82 Å². The molecule has 2 aliphatic carbocycles. The molecule has 94 valence electrons. The summed E-state index contributed by atoms with van der Waals surface area (Å²) in [4.78, 5) is 0. The van der Waals surface area contributed by atoms with Crippen LogP contribution in [0.3, 0.4) is 0 Å². The summed E-state index contributed by atoms with van der Waals surface area (Å²) < 4.78 is 2.40. The lowest BCUT2D eigenvalue weighted by Gasteiger charge is -2.13. The second-order valence-corrected chi connectivity index (χ2v) is 6.37. The van der Waals surface area contributed by atoms with E-state index in [9.17, 15) is 0 Å². The van der Waals surface area contributed by atoms with E-state index in [1.807, 2.05) is 11.8 Å². The minimum atomic E-state index is 0.476. The Labute approximate surface area is 106 Å². The number of nitrogens with two attached hydrogens (primary N) is 1. The SMILES string of the molecule is CCC(CN)Sc1nnc(C2CC2)n1C1CC1. The maximum atomic E-state index is 5.77. The van der Waals surface area contributed by atoms with Gasteiger partial charge in [-0.3, -0.25) is 0 Å². The van der Waals surface area contributed by atoms with Crippen LogP contribution in [0, 0.1) is 0 Å². The highest BCUT2D eigenvalue weighted by Crippen LogP contribution is 2.46. The van der Waals surface area contributed by atoms with Gasteiger partial charge in [-0.25, -0.2) is 0 Å². The van der Waals surface area contributed by atoms with E-state index in [0.29, 0.717) is 17.2 Å². The van der Waals surface area contributed by atoms with Crippen molar-refractivity contribution >= 4 is 11.8 Å². The van der Waals surface area contributed by atoms with Gasteiger partial charge in [-0.05, 0) is 32.1 Å². The van der Waals surface area contributed by atoms with Crippen molar-refractivity contribution in [1.82, 2.24) is 14.8 Å². The fourth-order valence-electron chi connectivity index (χ4n) is 2.11. The van der Waals surface area contributed by atoms with Gasteiger partial charge in [-0.2, -0.15) is 0 Å². The topological polar surface area (TPSA) is 56.7 Å². The van der Waals surface area contributed by atoms with E-state index < -0.39 is 0 Å². The lowest BCUT2D eigenvalue weighted by Crippen LogP contribution is -2.16. The van der Waals surface area contributed by atoms with Crippen LogP contribution in [0.2, 0.25) is 0 Å². The van der Waals surface area contributed by atoms with Gasteiger partial charge in [0, 0.05) is 23.8 Å². The van der Waals surface area contributed by atoms with Crippen molar-refractivity contribution in [3.8, 4) is 0 Å². The maximum absolute atomic E-state index is 5.77. The average molecular weight is 252 g/mol. The van der Waals surface area contributed by atoms with Gasteiger partial charge >= 0.3 is 0 Å². The van der Waals surface area contributed by atoms with Crippen LogP contribution < -0.4 is 5.73 Å². The maximum Gasteiger partial charge on any atom is 0.191 e. The van der Waals surface area contributed by atoms with E-state index in [0.717, 1.165) is 18.1 Å². The van der Waals surface area contributed by atoms with Crippen molar-refractivity contribution in [2.75, 3.05) is 6.54 Å². The standard InChI is InChI=1S/C12H20N4S/c1-2-10(7-13)17-12-15-14-11(8-3-4-8)16(12)9-5-6-9/h8-10H,2-7,13H2,1H3. The minimum absolute atomic E-state index is 0.476. The Hall–Kier alpha value is -0.550. The highest BCUT2D eigenvalue weighted by molar-refractivity contribution is 7.99. The zero-order chi connectivity index (χ0) is 11.8. The predicted octanol–water partition coefficient (Wildman–Crippen LogP) is 2.32. The van der Waals surface area contributed by atoms with Gasteiger partial charge < -0.3 is 10.3 Å². The minimum Gasteiger partial charge on any atom is -0.329 e. The molecule has 0 radical (unpaired) electrons. The van der Waals surface area contributed by atoms with Gasteiger partial charge in [0.2, 0.25) is 0 Å². The molecule has 1 aromatic heterocycles. The van der Waals surface area contributed by atoms with Crippen molar-refractivity contribution in [3.63, 3.8) is 0 Å². The van der Waals surface area contributed by atoms with E-state index >= 15 is 0 Å². The molecule has 2 aliphatic rings. The third-order valence-corrected chi connectivity index (χ3v) is 4.88. The smallest absolute Gasteiger partial charge is 0.191 e. The first-order valence-corrected chi connectivity index (χ1v) is 7.53. The molecule has 3 rings (SSSR count). The Balaban J connectivity index is 1.82. The molecule has 0 amide bonds. The first-order valence-electron chi connectivity index (χ1n) is 6.65. The van der Waals surface area contributed by atoms with Crippen molar-refractivity contribution in [2.45, 2.75) is 61.4 Å². The molecule has 1 aromatic rings. The number of nitrogens with zero attached hydrogens (tertiary/aromatic N) is 3. The lowest BCUT2D eigenvalue weighted by molar-refractivity contribution is 0.624. The van der Waals surface area contributed by atoms with E-state index in [1.54, 1.807) is 0 Å². The summed E-state index contributed by atoms with van der Waals surface area (Å²) in [5, 5.41) is 10.4. The third-order valence-electron chi connectivity index (χ3n) is 3.54. The van der Waals surface area contributed by atoms with Crippen molar-refractivity contribution < 1.29 is 0 Å². The second kappa shape index (κ2) is 4.61. The molecule has 4 nitrogen and oxygen atoms in total. The number of rotatable bonds is 6. The Morgan fingerprint density at radius 2 is 2.12 bits per heavy atom. The molecule has 2 saturated carbocycles. The molecule has 2 fully saturated rings. The van der Waals surface area contributed by atoms with Crippen LogP contribution in [0.15, 0.2) is 5.16 Å². The molecule has 0 spiro atoms. The van der Waals surface area contributed by atoms with Gasteiger partial charge in [-0.1, -0.05) is 18.7 Å². The first-order chi connectivity index (χ1) is 8.33. The Kier molecular flexibility index (Phi) is 3.13. The average Bonchev–Trinajstić information content (AvgIpc) is 3.24. The molecule has 0 bridgehead atoms. The summed E-state index contributed by atoms with van der Waals surface area (Å²) in [6.07, 6.45) is 6.28. The van der Waals surface area contributed by atoms with Crippen LogP contribution in [0.5, 0.6) is 0 Å². The molecule has 1 heterocycles. The molecule has 0 aliphatic heterocycles. The van der Waals surface area contributed by atoms with E-state index in [1.165, 1.54) is 31.5 Å². The molecule has 0 saturated heterocycles. The van der Waals surface area contributed by atoms with Crippen LogP contribution in [-0.4, -0.2) is 26.6 Å². The highest BCUT2D eigenvalue weighted by atomic mass is 32.2. The zero-order valence-corrected chi connectivity index (χ0v) is 11.1. The normalized spacial score (nSPS) is 21.8. The molecule has 2 N–H and O–H groups in total. The highest BCUT2D eigenvalue weighted by Gasteiger charge is 2.36. The van der Waals surface area contributed by atoms with Crippen LogP contribution >= 0.6 is 11.8 Å². The lowest BCUT2D eigenvalue weighted by atomic mass is 10.3. The number of aromatic nitrogens is 3. The molecular formula is C12H20N4S. The Bertz CT molecular complexity index is 391. The molecule has 1 atom stereocenters. The molecule has 5 heteroatoms. The van der Waals surface area contributed by atoms with Crippen LogP contribution in [-0.2, 0) is 0 Å². The summed E-state index contributed by atoms with van der Waals surface area (Å²) in [5.74, 6) is 1.93. The van der Waals surface area contributed by atoms with Gasteiger partial charge in [-0.15, -0.1) is 10.2 Å². The molecule has 1 unspecified atom stereocenters. The summed E-state index contributed by atoms with van der Waals surface area (Å²) >= 11 is 1.81. The fraction of sp³-hybridized carbons (Fsp3) is 0.833. The van der Waals surface area contributed by atoms with Crippen molar-refractivity contribution in [2.24, 2.45) is 5.73 Å². The first kappa shape index (κ1) is 11.5. The Morgan fingerprint density at radius 1 is 1.35 bits per heavy atom.